The molecule has 4 nitrogen and oxygen atoms in total. The number of aromatic nitrogens is 3. The Hall–Kier alpha value is -1.97. The van der Waals surface area contributed by atoms with Gasteiger partial charge in [0.1, 0.15) is 5.69 Å². The average molecular weight is 255 g/mol. The summed E-state index contributed by atoms with van der Waals surface area (Å²) in [6.45, 7) is 2.00. The van der Waals surface area contributed by atoms with Crippen molar-refractivity contribution in [3.63, 3.8) is 0 Å². The Morgan fingerprint density at radius 1 is 1.26 bits per heavy atom. The highest BCUT2D eigenvalue weighted by Crippen LogP contribution is 2.32. The minimum Gasteiger partial charge on any atom is -0.305 e. The van der Waals surface area contributed by atoms with Gasteiger partial charge in [0.2, 0.25) is 0 Å². The maximum absolute atomic E-state index is 11.8. The molecule has 0 amide bonds. The maximum atomic E-state index is 11.8. The van der Waals surface area contributed by atoms with E-state index in [0.29, 0.717) is 11.7 Å². The molecule has 1 fully saturated rings. The summed E-state index contributed by atoms with van der Waals surface area (Å²) in [5.41, 5.74) is 2.67. The molecule has 1 aliphatic rings. The fourth-order valence-corrected chi connectivity index (χ4v) is 2.69. The van der Waals surface area contributed by atoms with Gasteiger partial charge in [0.25, 0.3) is 5.56 Å². The molecule has 0 radical (unpaired) electrons. The maximum Gasteiger partial charge on any atom is 0.251 e. The highest BCUT2D eigenvalue weighted by atomic mass is 16.1. The Morgan fingerprint density at radius 2 is 2.05 bits per heavy atom. The van der Waals surface area contributed by atoms with Crippen LogP contribution in [0.1, 0.15) is 42.9 Å². The van der Waals surface area contributed by atoms with Crippen LogP contribution < -0.4 is 5.56 Å². The van der Waals surface area contributed by atoms with E-state index in [0.717, 1.165) is 29.8 Å². The summed E-state index contributed by atoms with van der Waals surface area (Å²) < 4.78 is 0. The van der Waals surface area contributed by atoms with E-state index < -0.39 is 0 Å². The first-order chi connectivity index (χ1) is 9.22. The molecular weight excluding hydrogens is 238 g/mol. The van der Waals surface area contributed by atoms with Crippen LogP contribution in [0.25, 0.3) is 11.5 Å². The summed E-state index contributed by atoms with van der Waals surface area (Å²) in [7, 11) is 0. The van der Waals surface area contributed by atoms with Crippen LogP contribution in [0.5, 0.6) is 0 Å². The molecule has 2 aromatic heterocycles. The first kappa shape index (κ1) is 12.1. The van der Waals surface area contributed by atoms with E-state index in [-0.39, 0.29) is 5.56 Å². The molecule has 2 aromatic rings. The fourth-order valence-electron chi connectivity index (χ4n) is 2.69. The molecule has 3 rings (SSSR count). The first-order valence-corrected chi connectivity index (χ1v) is 6.77. The van der Waals surface area contributed by atoms with E-state index in [2.05, 4.69) is 15.0 Å². The van der Waals surface area contributed by atoms with Crippen molar-refractivity contribution >= 4 is 0 Å². The largest absolute Gasteiger partial charge is 0.305 e. The van der Waals surface area contributed by atoms with Crippen LogP contribution in [-0.2, 0) is 0 Å². The lowest BCUT2D eigenvalue weighted by atomic mass is 10.0. The zero-order chi connectivity index (χ0) is 13.2. The molecule has 0 aromatic carbocycles. The lowest BCUT2D eigenvalue weighted by Gasteiger charge is -2.09. The molecule has 4 heteroatoms. The van der Waals surface area contributed by atoms with Gasteiger partial charge in [-0.2, -0.15) is 0 Å². The minimum absolute atomic E-state index is 0.0878. The molecule has 19 heavy (non-hydrogen) atoms. The summed E-state index contributed by atoms with van der Waals surface area (Å²) >= 11 is 0. The lowest BCUT2D eigenvalue weighted by Crippen LogP contribution is -2.12. The molecule has 0 spiro atoms. The van der Waals surface area contributed by atoms with Crippen LogP contribution >= 0.6 is 0 Å². The number of nitrogens with zero attached hydrogens (tertiary/aromatic N) is 2. The molecule has 0 bridgehead atoms. The van der Waals surface area contributed by atoms with Gasteiger partial charge < -0.3 is 4.98 Å². The quantitative estimate of drug-likeness (QED) is 0.897. The zero-order valence-electron chi connectivity index (χ0n) is 11.0. The van der Waals surface area contributed by atoms with Gasteiger partial charge in [-0.25, -0.2) is 4.98 Å². The van der Waals surface area contributed by atoms with Crippen molar-refractivity contribution in [1.29, 1.82) is 0 Å². The van der Waals surface area contributed by atoms with Crippen molar-refractivity contribution in [2.24, 2.45) is 0 Å². The van der Waals surface area contributed by atoms with Crippen LogP contribution in [0.4, 0.5) is 0 Å². The topological polar surface area (TPSA) is 58.6 Å². The number of aryl methyl sites for hydroxylation is 1. The van der Waals surface area contributed by atoms with E-state index in [1.54, 1.807) is 12.3 Å². The number of hydrogen-bond acceptors (Lipinski definition) is 3. The smallest absolute Gasteiger partial charge is 0.251 e. The van der Waals surface area contributed by atoms with Gasteiger partial charge in [-0.05, 0) is 37.5 Å². The van der Waals surface area contributed by atoms with Crippen LogP contribution in [0.15, 0.2) is 29.2 Å². The third kappa shape index (κ3) is 2.57. The van der Waals surface area contributed by atoms with Gasteiger partial charge in [0, 0.05) is 18.2 Å². The number of pyridine rings is 1. The van der Waals surface area contributed by atoms with Gasteiger partial charge in [0.15, 0.2) is 5.82 Å². The molecule has 1 aliphatic carbocycles. The van der Waals surface area contributed by atoms with Crippen molar-refractivity contribution in [3.05, 3.63) is 46.0 Å². The minimum atomic E-state index is -0.0878. The summed E-state index contributed by atoms with van der Waals surface area (Å²) in [6, 6.07) is 5.51. The van der Waals surface area contributed by atoms with E-state index in [1.807, 2.05) is 19.1 Å². The van der Waals surface area contributed by atoms with Gasteiger partial charge in [-0.1, -0.05) is 12.8 Å². The summed E-state index contributed by atoms with van der Waals surface area (Å²) in [4.78, 5) is 23.5. The molecule has 0 aliphatic heterocycles. The van der Waals surface area contributed by atoms with Crippen LogP contribution in [0.3, 0.4) is 0 Å². The van der Waals surface area contributed by atoms with Crippen molar-refractivity contribution in [3.8, 4) is 11.5 Å². The van der Waals surface area contributed by atoms with Gasteiger partial charge >= 0.3 is 0 Å². The summed E-state index contributed by atoms with van der Waals surface area (Å²) in [5, 5.41) is 0. The van der Waals surface area contributed by atoms with E-state index >= 15 is 0 Å². The zero-order valence-corrected chi connectivity index (χ0v) is 11.0. The number of aromatic amines is 1. The Kier molecular flexibility index (Phi) is 3.15. The fraction of sp³-hybridized carbons (Fsp3) is 0.400. The second-order valence-electron chi connectivity index (χ2n) is 5.22. The van der Waals surface area contributed by atoms with Crippen molar-refractivity contribution in [2.45, 2.75) is 38.5 Å². The number of rotatable bonds is 2. The van der Waals surface area contributed by atoms with E-state index in [4.69, 9.17) is 0 Å². The third-order valence-electron chi connectivity index (χ3n) is 3.69. The van der Waals surface area contributed by atoms with E-state index in [1.165, 1.54) is 12.8 Å². The highest BCUT2D eigenvalue weighted by molar-refractivity contribution is 5.49. The van der Waals surface area contributed by atoms with Crippen LogP contribution in [0.2, 0.25) is 0 Å². The molecule has 0 atom stereocenters. The molecule has 98 valence electrons. The molecule has 2 heterocycles. The summed E-state index contributed by atoms with van der Waals surface area (Å²) in [6.07, 6.45) is 6.48. The second-order valence-corrected chi connectivity index (χ2v) is 5.22. The first-order valence-electron chi connectivity index (χ1n) is 6.77. The Labute approximate surface area is 111 Å². The van der Waals surface area contributed by atoms with Gasteiger partial charge in [-0.15, -0.1) is 0 Å². The SMILES string of the molecule is Cc1ccnc(-c2nc(C3CCCC3)cc(=O)[nH]2)c1. The van der Waals surface area contributed by atoms with Crippen molar-refractivity contribution in [1.82, 2.24) is 15.0 Å². The number of H-pyrrole nitrogens is 1. The predicted molar refractivity (Wildman–Crippen MR) is 74.0 cm³/mol. The standard InChI is InChI=1S/C15H17N3O/c1-10-6-7-16-13(8-10)15-17-12(9-14(19)18-15)11-4-2-3-5-11/h6-9,11H,2-5H2,1H3,(H,17,18,19). The molecular formula is C15H17N3O. The van der Waals surface area contributed by atoms with Crippen molar-refractivity contribution in [2.75, 3.05) is 0 Å². The number of nitrogens with one attached hydrogen (secondary N) is 1. The van der Waals surface area contributed by atoms with Gasteiger partial charge in [0.05, 0.1) is 5.69 Å². The predicted octanol–water partition coefficient (Wildman–Crippen LogP) is 2.80. The molecule has 1 N–H and O–H groups in total. The van der Waals surface area contributed by atoms with Crippen LogP contribution in [0, 0.1) is 6.92 Å². The van der Waals surface area contributed by atoms with Crippen molar-refractivity contribution < 1.29 is 0 Å². The highest BCUT2D eigenvalue weighted by Gasteiger charge is 2.19. The Balaban J connectivity index is 2.04. The third-order valence-corrected chi connectivity index (χ3v) is 3.69. The molecule has 0 saturated heterocycles. The molecule has 0 unspecified atom stereocenters. The monoisotopic (exact) mass is 255 g/mol. The Bertz CT molecular complexity index is 642. The summed E-state index contributed by atoms with van der Waals surface area (Å²) in [5.74, 6) is 1.02. The normalized spacial score (nSPS) is 15.8. The lowest BCUT2D eigenvalue weighted by molar-refractivity contribution is 0.693. The van der Waals surface area contributed by atoms with E-state index in [9.17, 15) is 4.79 Å². The van der Waals surface area contributed by atoms with Crippen LogP contribution in [-0.4, -0.2) is 15.0 Å². The molecule has 1 saturated carbocycles. The Morgan fingerprint density at radius 3 is 2.79 bits per heavy atom. The average Bonchev–Trinajstić information content (AvgIpc) is 2.92. The van der Waals surface area contributed by atoms with Gasteiger partial charge in [-0.3, -0.25) is 9.78 Å². The number of hydrogen-bond donors (Lipinski definition) is 1. The second kappa shape index (κ2) is 4.96.